The maximum absolute atomic E-state index is 13.3. The molecule has 1 unspecified atom stereocenters. The number of hydrogen-bond acceptors (Lipinski definition) is 13. The van der Waals surface area contributed by atoms with Crippen LogP contribution in [0.2, 0.25) is 0 Å². The summed E-state index contributed by atoms with van der Waals surface area (Å²) >= 11 is 0. The van der Waals surface area contributed by atoms with E-state index in [1.54, 1.807) is 51.1 Å². The zero-order valence-corrected chi connectivity index (χ0v) is 25.3. The molecule has 0 saturated carbocycles. The van der Waals surface area contributed by atoms with Gasteiger partial charge in [-0.2, -0.15) is 0 Å². The first-order valence-corrected chi connectivity index (χ1v) is 13.6. The van der Waals surface area contributed by atoms with E-state index in [1.165, 1.54) is 0 Å². The van der Waals surface area contributed by atoms with Crippen LogP contribution in [0.25, 0.3) is 0 Å². The highest BCUT2D eigenvalue weighted by Crippen LogP contribution is 2.31. The van der Waals surface area contributed by atoms with Gasteiger partial charge >= 0.3 is 35.9 Å². The third-order valence-electron chi connectivity index (χ3n) is 5.75. The SMILES string of the molecule is CC(=O)OC[C@H]1O[C@@H](CC(NC(=O)OC(C)(C)C)C(=O)OCc2ccccc2)[C@H](OC(C)=O)[C@@H](OC(C)=O)[C@H]1OC(C)=O. The molecule has 238 valence electrons. The van der Waals surface area contributed by atoms with Crippen LogP contribution in [0.5, 0.6) is 0 Å². The normalized spacial score (nSPS) is 22.3. The van der Waals surface area contributed by atoms with Crippen LogP contribution in [0.4, 0.5) is 4.79 Å². The van der Waals surface area contributed by atoms with Gasteiger partial charge in [-0.25, -0.2) is 9.59 Å². The summed E-state index contributed by atoms with van der Waals surface area (Å²) in [5.41, 5.74) is -0.226. The minimum atomic E-state index is -1.44. The van der Waals surface area contributed by atoms with Crippen molar-refractivity contribution < 1.29 is 61.9 Å². The van der Waals surface area contributed by atoms with Crippen LogP contribution in [-0.2, 0) is 63.7 Å². The van der Waals surface area contributed by atoms with E-state index in [1.807, 2.05) is 0 Å². The molecule has 6 atom stereocenters. The predicted octanol–water partition coefficient (Wildman–Crippen LogP) is 2.14. The van der Waals surface area contributed by atoms with Gasteiger partial charge in [-0.05, 0) is 26.3 Å². The Morgan fingerprint density at radius 1 is 0.767 bits per heavy atom. The van der Waals surface area contributed by atoms with Crippen molar-refractivity contribution in [1.82, 2.24) is 5.32 Å². The summed E-state index contributed by atoms with van der Waals surface area (Å²) < 4.78 is 38.2. The van der Waals surface area contributed by atoms with E-state index in [-0.39, 0.29) is 13.0 Å². The number of benzene rings is 1. The van der Waals surface area contributed by atoms with Gasteiger partial charge in [-0.1, -0.05) is 30.3 Å². The van der Waals surface area contributed by atoms with E-state index >= 15 is 0 Å². The largest absolute Gasteiger partial charge is 0.463 e. The summed E-state index contributed by atoms with van der Waals surface area (Å²) in [5, 5.41) is 2.46. The molecule has 1 aromatic rings. The van der Waals surface area contributed by atoms with E-state index < -0.39 is 84.7 Å². The Morgan fingerprint density at radius 3 is 1.81 bits per heavy atom. The van der Waals surface area contributed by atoms with E-state index in [4.69, 9.17) is 33.2 Å². The van der Waals surface area contributed by atoms with Crippen LogP contribution in [0, 0.1) is 0 Å². The highest BCUT2D eigenvalue weighted by atomic mass is 16.7. The fourth-order valence-corrected chi connectivity index (χ4v) is 4.23. The highest BCUT2D eigenvalue weighted by Gasteiger charge is 2.53. The van der Waals surface area contributed by atoms with Crippen LogP contribution < -0.4 is 5.32 Å². The first kappa shape index (κ1) is 35.0. The van der Waals surface area contributed by atoms with Crippen LogP contribution >= 0.6 is 0 Å². The van der Waals surface area contributed by atoms with Crippen molar-refractivity contribution in [3.63, 3.8) is 0 Å². The molecule has 0 spiro atoms. The lowest BCUT2D eigenvalue weighted by molar-refractivity contribution is -0.254. The van der Waals surface area contributed by atoms with E-state index in [0.717, 1.165) is 27.7 Å². The summed E-state index contributed by atoms with van der Waals surface area (Å²) in [6.45, 7) is 8.77. The number of ether oxygens (including phenoxy) is 7. The molecule has 1 aliphatic rings. The minimum absolute atomic E-state index is 0.120. The van der Waals surface area contributed by atoms with Crippen LogP contribution in [-0.4, -0.2) is 84.7 Å². The molecular formula is C29H39NO13. The molecule has 0 aromatic heterocycles. The number of amides is 1. The Bertz CT molecular complexity index is 1150. The van der Waals surface area contributed by atoms with Crippen LogP contribution in [0.15, 0.2) is 30.3 Å². The Kier molecular flexibility index (Phi) is 12.9. The topological polar surface area (TPSA) is 179 Å². The summed E-state index contributed by atoms with van der Waals surface area (Å²) in [5.74, 6) is -3.95. The molecular weight excluding hydrogens is 570 g/mol. The molecule has 1 aromatic carbocycles. The number of rotatable bonds is 11. The Hall–Kier alpha value is -4.20. The van der Waals surface area contributed by atoms with Gasteiger partial charge in [0.1, 0.15) is 37.1 Å². The molecule has 0 radical (unpaired) electrons. The second kappa shape index (κ2) is 15.9. The average molecular weight is 610 g/mol. The number of carbonyl (C=O) groups excluding carboxylic acids is 6. The molecule has 1 fully saturated rings. The van der Waals surface area contributed by atoms with E-state index in [0.29, 0.717) is 5.56 Å². The second-order valence-electron chi connectivity index (χ2n) is 10.8. The van der Waals surface area contributed by atoms with Crippen molar-refractivity contribution in [2.45, 2.75) is 104 Å². The molecule has 1 N–H and O–H groups in total. The first-order chi connectivity index (χ1) is 20.1. The maximum Gasteiger partial charge on any atom is 0.408 e. The van der Waals surface area contributed by atoms with Gasteiger partial charge in [0.05, 0.1) is 0 Å². The van der Waals surface area contributed by atoms with Crippen LogP contribution in [0.1, 0.15) is 60.5 Å². The molecule has 2 rings (SSSR count). The predicted molar refractivity (Wildman–Crippen MR) is 146 cm³/mol. The second-order valence-corrected chi connectivity index (χ2v) is 10.8. The zero-order valence-electron chi connectivity index (χ0n) is 25.3. The quantitative estimate of drug-likeness (QED) is 0.285. The molecule has 1 amide bonds. The minimum Gasteiger partial charge on any atom is -0.463 e. The van der Waals surface area contributed by atoms with Crippen molar-refractivity contribution in [3.8, 4) is 0 Å². The third-order valence-corrected chi connectivity index (χ3v) is 5.75. The summed E-state index contributed by atoms with van der Waals surface area (Å²) in [6.07, 6.45) is -8.06. The van der Waals surface area contributed by atoms with Gasteiger partial charge in [0.2, 0.25) is 0 Å². The zero-order chi connectivity index (χ0) is 32.3. The number of alkyl carbamates (subject to hydrolysis) is 1. The van der Waals surface area contributed by atoms with E-state index in [9.17, 15) is 28.8 Å². The lowest BCUT2D eigenvalue weighted by Gasteiger charge is -2.45. The molecule has 14 nitrogen and oxygen atoms in total. The standard InChI is InChI=1S/C29H39NO13/c1-16(31)37-15-23-25(40-18(3)33)26(41-19(4)34)24(39-17(2)32)22(42-23)13-21(30-28(36)43-29(5,6)7)27(35)38-14-20-11-9-8-10-12-20/h8-12,21-26H,13-15H2,1-7H3,(H,30,36)/t21?,22-,23+,24-,25-,26+/m0/s1. The summed E-state index contributed by atoms with van der Waals surface area (Å²) in [7, 11) is 0. The lowest BCUT2D eigenvalue weighted by Crippen LogP contribution is -2.63. The van der Waals surface area contributed by atoms with Crippen LogP contribution in [0.3, 0.4) is 0 Å². The molecule has 1 aliphatic heterocycles. The molecule has 1 heterocycles. The number of nitrogens with one attached hydrogen (secondary N) is 1. The molecule has 14 heteroatoms. The Balaban J connectivity index is 2.48. The average Bonchev–Trinajstić information content (AvgIpc) is 2.87. The fourth-order valence-electron chi connectivity index (χ4n) is 4.23. The maximum atomic E-state index is 13.3. The summed E-state index contributed by atoms with van der Waals surface area (Å²) in [4.78, 5) is 73.9. The number of esters is 5. The van der Waals surface area contributed by atoms with Crippen molar-refractivity contribution in [1.29, 1.82) is 0 Å². The lowest BCUT2D eigenvalue weighted by atomic mass is 9.90. The van der Waals surface area contributed by atoms with Gasteiger partial charge < -0.3 is 38.5 Å². The summed E-state index contributed by atoms with van der Waals surface area (Å²) in [6, 6.07) is 7.38. The van der Waals surface area contributed by atoms with Gasteiger partial charge in [0, 0.05) is 34.1 Å². The molecule has 43 heavy (non-hydrogen) atoms. The molecule has 0 aliphatic carbocycles. The van der Waals surface area contributed by atoms with E-state index in [2.05, 4.69) is 5.32 Å². The number of carbonyl (C=O) groups is 6. The third kappa shape index (κ3) is 12.3. The Morgan fingerprint density at radius 2 is 1.30 bits per heavy atom. The van der Waals surface area contributed by atoms with Gasteiger partial charge in [0.25, 0.3) is 0 Å². The fraction of sp³-hybridized carbons (Fsp3) is 0.586. The highest BCUT2D eigenvalue weighted by molar-refractivity contribution is 5.81. The van der Waals surface area contributed by atoms with Crippen molar-refractivity contribution in [2.24, 2.45) is 0 Å². The van der Waals surface area contributed by atoms with Crippen molar-refractivity contribution >= 4 is 35.9 Å². The Labute approximate surface area is 249 Å². The van der Waals surface area contributed by atoms with Gasteiger partial charge in [0.15, 0.2) is 18.3 Å². The first-order valence-electron chi connectivity index (χ1n) is 13.6. The van der Waals surface area contributed by atoms with Crippen molar-refractivity contribution in [3.05, 3.63) is 35.9 Å². The molecule has 0 bridgehead atoms. The molecule has 1 saturated heterocycles. The van der Waals surface area contributed by atoms with Gasteiger partial charge in [-0.3, -0.25) is 19.2 Å². The monoisotopic (exact) mass is 609 g/mol. The van der Waals surface area contributed by atoms with Crippen molar-refractivity contribution in [2.75, 3.05) is 6.61 Å². The van der Waals surface area contributed by atoms with Gasteiger partial charge in [-0.15, -0.1) is 0 Å². The smallest absolute Gasteiger partial charge is 0.408 e. The number of hydrogen-bond donors (Lipinski definition) is 1.